The van der Waals surface area contributed by atoms with Gasteiger partial charge in [-0.25, -0.2) is 0 Å². The second kappa shape index (κ2) is 4.47. The summed E-state index contributed by atoms with van der Waals surface area (Å²) in [6.45, 7) is 0. The second-order valence-corrected chi connectivity index (χ2v) is 5.07. The Labute approximate surface area is 100 Å². The Balaban J connectivity index is 2.21. The van der Waals surface area contributed by atoms with Crippen molar-refractivity contribution in [3.8, 4) is 0 Å². The molecule has 0 spiro atoms. The summed E-state index contributed by atoms with van der Waals surface area (Å²) in [5.74, 6) is 0.651. The predicted octanol–water partition coefficient (Wildman–Crippen LogP) is 2.06. The van der Waals surface area contributed by atoms with Gasteiger partial charge in [0, 0.05) is 15.8 Å². The highest BCUT2D eigenvalue weighted by Gasteiger charge is 2.21. The number of nitrogens with zero attached hydrogens (tertiary/aromatic N) is 1. The lowest BCUT2D eigenvalue weighted by molar-refractivity contribution is 0.106. The van der Waals surface area contributed by atoms with E-state index in [4.69, 9.17) is 5.73 Å². The summed E-state index contributed by atoms with van der Waals surface area (Å²) >= 11 is 4.74. The van der Waals surface area contributed by atoms with E-state index in [2.05, 4.69) is 20.9 Å². The summed E-state index contributed by atoms with van der Waals surface area (Å²) in [6, 6.07) is 7.24. The highest BCUT2D eigenvalue weighted by Crippen LogP contribution is 2.19. The number of nitrogens with two attached hydrogens (primary N) is 1. The average molecular weight is 285 g/mol. The van der Waals surface area contributed by atoms with Crippen molar-refractivity contribution < 1.29 is 4.79 Å². The summed E-state index contributed by atoms with van der Waals surface area (Å²) in [7, 11) is 0. The van der Waals surface area contributed by atoms with Gasteiger partial charge >= 0.3 is 0 Å². The van der Waals surface area contributed by atoms with E-state index in [0.717, 1.165) is 4.47 Å². The van der Waals surface area contributed by atoms with Crippen LogP contribution in [-0.2, 0) is 0 Å². The number of hydrogen-bond donors (Lipinski definition) is 1. The molecule has 0 amide bonds. The third-order valence-electron chi connectivity index (χ3n) is 1.97. The number of thioether (sulfide) groups is 1. The SMILES string of the molecule is NC1CSC(C(=O)c2ccc(Br)cc2)=N1. The first-order valence-electron chi connectivity index (χ1n) is 4.43. The zero-order valence-corrected chi connectivity index (χ0v) is 10.2. The minimum absolute atomic E-state index is 0.0412. The summed E-state index contributed by atoms with van der Waals surface area (Å²) in [6.07, 6.45) is -0.232. The van der Waals surface area contributed by atoms with Gasteiger partial charge in [0.1, 0.15) is 11.2 Å². The van der Waals surface area contributed by atoms with Crippen LogP contribution in [0.1, 0.15) is 10.4 Å². The van der Waals surface area contributed by atoms with Crippen LogP contribution in [-0.4, -0.2) is 22.7 Å². The minimum atomic E-state index is -0.232. The number of Topliss-reactive ketones (excluding diaryl/α,β-unsaturated/α-hetero) is 1. The molecule has 0 aliphatic carbocycles. The van der Waals surface area contributed by atoms with Gasteiger partial charge in [0.15, 0.2) is 0 Å². The van der Waals surface area contributed by atoms with E-state index < -0.39 is 0 Å². The van der Waals surface area contributed by atoms with E-state index in [1.807, 2.05) is 12.1 Å². The summed E-state index contributed by atoms with van der Waals surface area (Å²) in [4.78, 5) is 16.0. The molecular weight excluding hydrogens is 276 g/mol. The lowest BCUT2D eigenvalue weighted by atomic mass is 10.1. The van der Waals surface area contributed by atoms with E-state index >= 15 is 0 Å². The number of carbonyl (C=O) groups is 1. The van der Waals surface area contributed by atoms with Crippen LogP contribution in [0.15, 0.2) is 33.7 Å². The molecule has 15 heavy (non-hydrogen) atoms. The molecule has 0 saturated carbocycles. The first-order chi connectivity index (χ1) is 7.16. The van der Waals surface area contributed by atoms with Crippen molar-refractivity contribution in [2.75, 3.05) is 5.75 Å². The van der Waals surface area contributed by atoms with Crippen LogP contribution in [0, 0.1) is 0 Å². The zero-order chi connectivity index (χ0) is 10.8. The molecule has 2 N–H and O–H groups in total. The lowest BCUT2D eigenvalue weighted by Gasteiger charge is -1.99. The van der Waals surface area contributed by atoms with Crippen molar-refractivity contribution in [1.82, 2.24) is 0 Å². The van der Waals surface area contributed by atoms with Crippen LogP contribution in [0.3, 0.4) is 0 Å². The molecule has 5 heteroatoms. The number of aliphatic imine (C=N–C) groups is 1. The standard InChI is InChI=1S/C10H9BrN2OS/c11-7-3-1-6(2-4-7)9(14)10-13-8(12)5-15-10/h1-4,8H,5,12H2. The first kappa shape index (κ1) is 10.9. The molecule has 1 unspecified atom stereocenters. The summed E-state index contributed by atoms with van der Waals surface area (Å²) < 4.78 is 0.955. The second-order valence-electron chi connectivity index (χ2n) is 3.15. The van der Waals surface area contributed by atoms with Crippen LogP contribution >= 0.6 is 27.7 Å². The molecule has 78 valence electrons. The Kier molecular flexibility index (Phi) is 3.23. The number of benzene rings is 1. The smallest absolute Gasteiger partial charge is 0.217 e. The predicted molar refractivity (Wildman–Crippen MR) is 66.3 cm³/mol. The molecule has 1 aliphatic rings. The maximum absolute atomic E-state index is 11.9. The molecule has 1 aliphatic heterocycles. The topological polar surface area (TPSA) is 55.5 Å². The Bertz CT molecular complexity index is 416. The fourth-order valence-corrected chi connectivity index (χ4v) is 2.36. The molecule has 0 radical (unpaired) electrons. The van der Waals surface area contributed by atoms with Crippen LogP contribution in [0.25, 0.3) is 0 Å². The normalized spacial score (nSPS) is 20.1. The first-order valence-corrected chi connectivity index (χ1v) is 6.21. The fourth-order valence-electron chi connectivity index (χ4n) is 1.24. The number of rotatable bonds is 2. The molecule has 1 aromatic carbocycles. The largest absolute Gasteiger partial charge is 0.309 e. The van der Waals surface area contributed by atoms with Gasteiger partial charge in [0.05, 0.1) is 0 Å². The van der Waals surface area contributed by atoms with Crippen LogP contribution < -0.4 is 5.73 Å². The van der Waals surface area contributed by atoms with Crippen molar-refractivity contribution >= 4 is 38.5 Å². The van der Waals surface area contributed by atoms with Gasteiger partial charge in [-0.05, 0) is 24.3 Å². The van der Waals surface area contributed by atoms with Gasteiger partial charge in [0.25, 0.3) is 0 Å². The van der Waals surface area contributed by atoms with E-state index in [9.17, 15) is 4.79 Å². The van der Waals surface area contributed by atoms with Crippen LogP contribution in [0.2, 0.25) is 0 Å². The molecule has 1 heterocycles. The van der Waals surface area contributed by atoms with E-state index in [0.29, 0.717) is 16.4 Å². The van der Waals surface area contributed by atoms with Gasteiger partial charge in [-0.2, -0.15) is 0 Å². The lowest BCUT2D eigenvalue weighted by Crippen LogP contribution is -2.16. The van der Waals surface area contributed by atoms with Crippen molar-refractivity contribution in [3.63, 3.8) is 0 Å². The zero-order valence-electron chi connectivity index (χ0n) is 7.81. The number of ketones is 1. The van der Waals surface area contributed by atoms with Crippen LogP contribution in [0.4, 0.5) is 0 Å². The fraction of sp³-hybridized carbons (Fsp3) is 0.200. The van der Waals surface area contributed by atoms with E-state index in [1.54, 1.807) is 12.1 Å². The third kappa shape index (κ3) is 2.48. The molecule has 2 rings (SSSR count). The van der Waals surface area contributed by atoms with Crippen molar-refractivity contribution in [3.05, 3.63) is 34.3 Å². The Morgan fingerprint density at radius 3 is 2.67 bits per heavy atom. The molecule has 0 fully saturated rings. The number of halogens is 1. The van der Waals surface area contributed by atoms with Gasteiger partial charge in [-0.15, -0.1) is 0 Å². The van der Waals surface area contributed by atoms with Gasteiger partial charge < -0.3 is 5.73 Å². The number of carbonyl (C=O) groups excluding carboxylic acids is 1. The number of hydrogen-bond acceptors (Lipinski definition) is 4. The molecular formula is C10H9BrN2OS. The molecule has 1 atom stereocenters. The van der Waals surface area contributed by atoms with Gasteiger partial charge in [-0.1, -0.05) is 27.7 Å². The highest BCUT2D eigenvalue weighted by atomic mass is 79.9. The maximum atomic E-state index is 11.9. The monoisotopic (exact) mass is 284 g/mol. The summed E-state index contributed by atoms with van der Waals surface area (Å²) in [5, 5.41) is 0.518. The van der Waals surface area contributed by atoms with Gasteiger partial charge in [-0.3, -0.25) is 9.79 Å². The van der Waals surface area contributed by atoms with Crippen molar-refractivity contribution in [2.24, 2.45) is 10.7 Å². The Morgan fingerprint density at radius 2 is 2.13 bits per heavy atom. The van der Waals surface area contributed by atoms with Crippen LogP contribution in [0.5, 0.6) is 0 Å². The molecule has 0 bridgehead atoms. The quantitative estimate of drug-likeness (QED) is 0.846. The van der Waals surface area contributed by atoms with E-state index in [-0.39, 0.29) is 11.9 Å². The molecule has 0 aromatic heterocycles. The van der Waals surface area contributed by atoms with E-state index in [1.165, 1.54) is 11.8 Å². The molecule has 1 aromatic rings. The highest BCUT2D eigenvalue weighted by molar-refractivity contribution is 9.10. The maximum Gasteiger partial charge on any atom is 0.217 e. The molecule has 3 nitrogen and oxygen atoms in total. The summed E-state index contributed by atoms with van der Waals surface area (Å²) in [5.41, 5.74) is 6.25. The van der Waals surface area contributed by atoms with Gasteiger partial charge in [0.2, 0.25) is 5.78 Å². The Hall–Kier alpha value is -0.650. The van der Waals surface area contributed by atoms with Crippen molar-refractivity contribution in [1.29, 1.82) is 0 Å². The molecule has 0 saturated heterocycles. The third-order valence-corrected chi connectivity index (χ3v) is 3.58. The Morgan fingerprint density at radius 1 is 1.47 bits per heavy atom. The minimum Gasteiger partial charge on any atom is -0.309 e. The average Bonchev–Trinajstić information content (AvgIpc) is 2.65. The van der Waals surface area contributed by atoms with Crippen molar-refractivity contribution in [2.45, 2.75) is 6.17 Å².